The molecule has 19 heteroatoms. The second kappa shape index (κ2) is 71.5. The van der Waals surface area contributed by atoms with Crippen LogP contribution in [0, 0.1) is 0 Å². The minimum atomic E-state index is -4.96. The Morgan fingerprint density at radius 2 is 0.417 bits per heavy atom. The van der Waals surface area contributed by atoms with Crippen molar-refractivity contribution in [3.8, 4) is 0 Å². The van der Waals surface area contributed by atoms with E-state index in [1.165, 1.54) is 238 Å². The smallest absolute Gasteiger partial charge is 0.462 e. The van der Waals surface area contributed by atoms with Crippen molar-refractivity contribution in [1.29, 1.82) is 0 Å². The molecular weight excluding hydrogens is 1260 g/mol. The lowest BCUT2D eigenvalue weighted by molar-refractivity contribution is -0.161. The predicted molar refractivity (Wildman–Crippen MR) is 391 cm³/mol. The van der Waals surface area contributed by atoms with Crippen LogP contribution in [-0.2, 0) is 65.4 Å². The molecule has 0 aromatic carbocycles. The van der Waals surface area contributed by atoms with Crippen LogP contribution in [0.5, 0.6) is 0 Å². The molecule has 0 aliphatic carbocycles. The van der Waals surface area contributed by atoms with Crippen LogP contribution < -0.4 is 0 Å². The Hall–Kier alpha value is -1.94. The molecule has 5 atom stereocenters. The van der Waals surface area contributed by atoms with E-state index >= 15 is 0 Å². The summed E-state index contributed by atoms with van der Waals surface area (Å²) in [6.07, 6.45) is 62.8. The van der Waals surface area contributed by atoms with Crippen molar-refractivity contribution in [1.82, 2.24) is 0 Å². The molecule has 0 fully saturated rings. The van der Waals surface area contributed by atoms with Crippen LogP contribution in [0.3, 0.4) is 0 Å². The molecule has 2 unspecified atom stereocenters. The maximum atomic E-state index is 13.1. The highest BCUT2D eigenvalue weighted by Gasteiger charge is 2.30. The van der Waals surface area contributed by atoms with Gasteiger partial charge >= 0.3 is 39.5 Å². The molecule has 0 bridgehead atoms. The lowest BCUT2D eigenvalue weighted by Gasteiger charge is -2.21. The van der Waals surface area contributed by atoms with Crippen LogP contribution in [0.2, 0.25) is 0 Å². The SMILES string of the molecule is CCCCCCCCCCCCCCCCCCCCCC(=O)O[C@H](COC(=O)CCCCCCCCCCCCCCCCCCC)COP(=O)(O)OC[C@@H](O)COP(=O)(O)OC[C@@H](COC(=O)CCCCCCC)OC(=O)CCCCCCCCCCCCCCCCC. The van der Waals surface area contributed by atoms with Gasteiger partial charge < -0.3 is 33.8 Å². The van der Waals surface area contributed by atoms with E-state index in [4.69, 9.17) is 37.0 Å². The molecule has 0 saturated carbocycles. The first-order valence-electron chi connectivity index (χ1n) is 40.3. The number of unbranched alkanes of at least 4 members (excludes halogenated alkanes) is 52. The number of carbonyl (C=O) groups excluding carboxylic acids is 4. The maximum absolute atomic E-state index is 13.1. The second-order valence-electron chi connectivity index (χ2n) is 27.7. The highest BCUT2D eigenvalue weighted by atomic mass is 31.2. The summed E-state index contributed by atoms with van der Waals surface area (Å²) in [5.74, 6) is -2.12. The van der Waals surface area contributed by atoms with Gasteiger partial charge in [0.25, 0.3) is 0 Å². The summed E-state index contributed by atoms with van der Waals surface area (Å²) in [5, 5.41) is 10.6. The van der Waals surface area contributed by atoms with Crippen molar-refractivity contribution < 1.29 is 80.2 Å². The Morgan fingerprint density at radius 3 is 0.615 bits per heavy atom. The number of ether oxygens (including phenoxy) is 4. The van der Waals surface area contributed by atoms with Crippen molar-refractivity contribution in [2.75, 3.05) is 39.6 Å². The van der Waals surface area contributed by atoms with Gasteiger partial charge in [-0.1, -0.05) is 362 Å². The number of phosphoric ester groups is 2. The van der Waals surface area contributed by atoms with E-state index in [1.807, 2.05) is 0 Å². The summed E-state index contributed by atoms with van der Waals surface area (Å²) in [7, 11) is -9.90. The highest BCUT2D eigenvalue weighted by Crippen LogP contribution is 2.45. The van der Waals surface area contributed by atoms with Gasteiger partial charge in [-0.2, -0.15) is 0 Å². The summed E-state index contributed by atoms with van der Waals surface area (Å²) < 4.78 is 68.4. The van der Waals surface area contributed by atoms with Gasteiger partial charge in [-0.3, -0.25) is 37.3 Å². The number of hydrogen-bond donors (Lipinski definition) is 3. The van der Waals surface area contributed by atoms with Crippen LogP contribution in [0.15, 0.2) is 0 Å². The summed E-state index contributed by atoms with van der Waals surface area (Å²) in [6, 6.07) is 0. The van der Waals surface area contributed by atoms with Gasteiger partial charge in [0.2, 0.25) is 0 Å². The van der Waals surface area contributed by atoms with Crippen molar-refractivity contribution >= 4 is 39.5 Å². The minimum Gasteiger partial charge on any atom is -0.462 e. The van der Waals surface area contributed by atoms with E-state index in [1.54, 1.807) is 0 Å². The van der Waals surface area contributed by atoms with Crippen molar-refractivity contribution in [3.63, 3.8) is 0 Å². The topological polar surface area (TPSA) is 237 Å². The Morgan fingerprint density at radius 1 is 0.250 bits per heavy atom. The molecule has 0 aliphatic rings. The number of aliphatic hydroxyl groups is 1. The van der Waals surface area contributed by atoms with E-state index in [0.29, 0.717) is 25.7 Å². The lowest BCUT2D eigenvalue weighted by Crippen LogP contribution is -2.30. The number of esters is 4. The molecule has 0 aromatic heterocycles. The maximum Gasteiger partial charge on any atom is 0.472 e. The fourth-order valence-electron chi connectivity index (χ4n) is 11.9. The summed E-state index contributed by atoms with van der Waals surface area (Å²) in [4.78, 5) is 72.6. The van der Waals surface area contributed by atoms with Crippen molar-refractivity contribution in [2.45, 2.75) is 431 Å². The first kappa shape index (κ1) is 94.1. The zero-order valence-electron chi connectivity index (χ0n) is 62.4. The molecular formula is C77H150O17P2. The molecule has 0 heterocycles. The molecule has 0 aliphatic heterocycles. The van der Waals surface area contributed by atoms with Crippen molar-refractivity contribution in [3.05, 3.63) is 0 Å². The zero-order chi connectivity index (χ0) is 70.4. The molecule has 0 aromatic rings. The Balaban J connectivity index is 5.13. The van der Waals surface area contributed by atoms with Crippen molar-refractivity contribution in [2.24, 2.45) is 0 Å². The number of hydrogen-bond acceptors (Lipinski definition) is 15. The van der Waals surface area contributed by atoms with Gasteiger partial charge in [0.05, 0.1) is 26.4 Å². The van der Waals surface area contributed by atoms with E-state index in [9.17, 15) is 43.2 Å². The van der Waals surface area contributed by atoms with Crippen LogP contribution in [0.1, 0.15) is 413 Å². The Labute approximate surface area is 588 Å². The first-order valence-corrected chi connectivity index (χ1v) is 43.3. The van der Waals surface area contributed by atoms with E-state index in [0.717, 1.165) is 96.3 Å². The third kappa shape index (κ3) is 70.5. The van der Waals surface area contributed by atoms with Gasteiger partial charge in [0, 0.05) is 25.7 Å². The summed E-state index contributed by atoms with van der Waals surface area (Å²) in [6.45, 7) is 4.92. The average molecular weight is 1410 g/mol. The fraction of sp³-hybridized carbons (Fsp3) is 0.948. The predicted octanol–water partition coefficient (Wildman–Crippen LogP) is 23.0. The third-order valence-electron chi connectivity index (χ3n) is 18.1. The molecule has 0 spiro atoms. The third-order valence-corrected chi connectivity index (χ3v) is 20.0. The highest BCUT2D eigenvalue weighted by molar-refractivity contribution is 7.47. The number of aliphatic hydroxyl groups excluding tert-OH is 1. The van der Waals surface area contributed by atoms with Crippen LogP contribution in [-0.4, -0.2) is 96.7 Å². The van der Waals surface area contributed by atoms with E-state index in [2.05, 4.69) is 27.7 Å². The Bertz CT molecular complexity index is 1830. The van der Waals surface area contributed by atoms with Gasteiger partial charge in [-0.25, -0.2) is 9.13 Å². The minimum absolute atomic E-state index is 0.108. The molecule has 0 radical (unpaired) electrons. The monoisotopic (exact) mass is 1410 g/mol. The molecule has 0 amide bonds. The molecule has 3 N–H and O–H groups in total. The van der Waals surface area contributed by atoms with Crippen LogP contribution in [0.4, 0.5) is 0 Å². The number of rotatable bonds is 78. The molecule has 0 rings (SSSR count). The summed E-state index contributed by atoms with van der Waals surface area (Å²) in [5.41, 5.74) is 0. The molecule has 0 saturated heterocycles. The fourth-order valence-corrected chi connectivity index (χ4v) is 13.5. The van der Waals surface area contributed by atoms with Gasteiger partial charge in [-0.05, 0) is 25.7 Å². The van der Waals surface area contributed by atoms with E-state index in [-0.39, 0.29) is 25.7 Å². The van der Waals surface area contributed by atoms with Crippen LogP contribution >= 0.6 is 15.6 Å². The standard InChI is InChI=1S/C77H150O17P2/c1-5-9-13-17-20-23-26-29-32-34-35-37-40-43-46-49-52-56-60-64-77(82)94-73(68-88-75(80)62-58-54-50-47-44-41-39-36-33-30-27-24-21-18-14-10-6-2)70-92-96(85,86)90-66-71(78)65-89-95(83,84)91-69-72(67-87-74(79)61-57-53-16-12-8-4)93-76(81)63-59-55-51-48-45-42-38-31-28-25-22-19-15-11-7-3/h71-73,78H,5-70H2,1-4H3,(H,83,84)(H,85,86)/t71-,72+,73+/m0/s1. The quantitative estimate of drug-likeness (QED) is 0.0222. The molecule has 96 heavy (non-hydrogen) atoms. The second-order valence-corrected chi connectivity index (χ2v) is 30.7. The zero-order valence-corrected chi connectivity index (χ0v) is 64.1. The number of phosphoric acid groups is 2. The largest absolute Gasteiger partial charge is 0.472 e. The molecule has 17 nitrogen and oxygen atoms in total. The molecule has 570 valence electrons. The van der Waals surface area contributed by atoms with E-state index < -0.39 is 97.5 Å². The van der Waals surface area contributed by atoms with Gasteiger partial charge in [0.15, 0.2) is 12.2 Å². The average Bonchev–Trinajstić information content (AvgIpc) is 1.46. The summed E-state index contributed by atoms with van der Waals surface area (Å²) >= 11 is 0. The first-order chi connectivity index (χ1) is 46.7. The van der Waals surface area contributed by atoms with Crippen LogP contribution in [0.25, 0.3) is 0 Å². The Kier molecular flexibility index (Phi) is 70.0. The lowest BCUT2D eigenvalue weighted by atomic mass is 10.0. The van der Waals surface area contributed by atoms with Gasteiger partial charge in [0.1, 0.15) is 19.3 Å². The normalized spacial score (nSPS) is 13.9. The van der Waals surface area contributed by atoms with Gasteiger partial charge in [-0.15, -0.1) is 0 Å². The number of carbonyl (C=O) groups is 4.